The number of benzene rings is 1. The van der Waals surface area contributed by atoms with Gasteiger partial charge in [-0.1, -0.05) is 13.3 Å². The zero-order valence-electron chi connectivity index (χ0n) is 15.3. The molecular formula is C18H22N2O6. The van der Waals surface area contributed by atoms with Crippen LogP contribution in [-0.4, -0.2) is 50.6 Å². The number of hydrogen-bond donors (Lipinski definition) is 1. The van der Waals surface area contributed by atoms with Gasteiger partial charge in [0.25, 0.3) is 11.8 Å². The second-order valence-electron chi connectivity index (χ2n) is 5.55. The maximum absolute atomic E-state index is 12.6. The molecule has 8 heteroatoms. The zero-order chi connectivity index (χ0) is 19.3. The van der Waals surface area contributed by atoms with Crippen molar-refractivity contribution >= 4 is 23.9 Å². The van der Waals surface area contributed by atoms with E-state index in [9.17, 15) is 14.4 Å². The van der Waals surface area contributed by atoms with Crippen molar-refractivity contribution in [2.75, 3.05) is 27.9 Å². The molecular weight excluding hydrogens is 340 g/mol. The van der Waals surface area contributed by atoms with Gasteiger partial charge in [0.2, 0.25) is 5.75 Å². The number of rotatable bonds is 7. The molecule has 0 spiro atoms. The molecule has 1 fully saturated rings. The number of carbonyl (C=O) groups is 3. The third kappa shape index (κ3) is 3.63. The molecule has 1 aromatic carbocycles. The Hall–Kier alpha value is -3.03. The van der Waals surface area contributed by atoms with Crippen LogP contribution in [0.5, 0.6) is 17.2 Å². The molecule has 1 heterocycles. The van der Waals surface area contributed by atoms with E-state index in [-0.39, 0.29) is 12.1 Å². The lowest BCUT2D eigenvalue weighted by Gasteiger charge is -2.26. The fourth-order valence-electron chi connectivity index (χ4n) is 2.61. The first-order valence-corrected chi connectivity index (χ1v) is 8.16. The molecule has 1 N–H and O–H groups in total. The average molecular weight is 362 g/mol. The molecule has 26 heavy (non-hydrogen) atoms. The lowest BCUT2D eigenvalue weighted by Crippen LogP contribution is -2.54. The molecule has 0 atom stereocenters. The Morgan fingerprint density at radius 2 is 1.73 bits per heavy atom. The second-order valence-corrected chi connectivity index (χ2v) is 5.55. The molecule has 140 valence electrons. The lowest BCUT2D eigenvalue weighted by atomic mass is 10.1. The van der Waals surface area contributed by atoms with Crippen LogP contribution in [0.4, 0.5) is 4.79 Å². The number of carbonyl (C=O) groups excluding carboxylic acids is 3. The third-order valence-electron chi connectivity index (χ3n) is 3.96. The summed E-state index contributed by atoms with van der Waals surface area (Å²) >= 11 is 0. The first-order chi connectivity index (χ1) is 12.5. The molecule has 1 aliphatic rings. The molecule has 0 saturated carbocycles. The number of nitrogens with one attached hydrogen (secondary N) is 1. The molecule has 4 amide bonds. The van der Waals surface area contributed by atoms with Gasteiger partial charge in [0.15, 0.2) is 11.5 Å². The van der Waals surface area contributed by atoms with Crippen molar-refractivity contribution < 1.29 is 28.6 Å². The first-order valence-electron chi connectivity index (χ1n) is 8.16. The molecule has 0 unspecified atom stereocenters. The minimum Gasteiger partial charge on any atom is -0.493 e. The Morgan fingerprint density at radius 3 is 2.31 bits per heavy atom. The van der Waals surface area contributed by atoms with Crippen LogP contribution < -0.4 is 19.5 Å². The van der Waals surface area contributed by atoms with Crippen LogP contribution in [0.3, 0.4) is 0 Å². The first kappa shape index (κ1) is 19.3. The van der Waals surface area contributed by atoms with Crippen molar-refractivity contribution in [3.63, 3.8) is 0 Å². The quantitative estimate of drug-likeness (QED) is 0.589. The summed E-state index contributed by atoms with van der Waals surface area (Å²) in [5, 5.41) is 2.19. The van der Waals surface area contributed by atoms with E-state index >= 15 is 0 Å². The number of nitrogens with zero attached hydrogens (tertiary/aromatic N) is 1. The second kappa shape index (κ2) is 8.37. The highest BCUT2D eigenvalue weighted by Gasteiger charge is 2.35. The van der Waals surface area contributed by atoms with Gasteiger partial charge >= 0.3 is 6.03 Å². The fourth-order valence-corrected chi connectivity index (χ4v) is 2.61. The summed E-state index contributed by atoms with van der Waals surface area (Å²) in [5.74, 6) is -0.275. The Balaban J connectivity index is 2.48. The number of amides is 4. The minimum absolute atomic E-state index is 0.147. The smallest absolute Gasteiger partial charge is 0.331 e. The van der Waals surface area contributed by atoms with Gasteiger partial charge in [-0.05, 0) is 24.6 Å². The summed E-state index contributed by atoms with van der Waals surface area (Å²) in [7, 11) is 4.39. The summed E-state index contributed by atoms with van der Waals surface area (Å²) < 4.78 is 15.9. The van der Waals surface area contributed by atoms with E-state index in [4.69, 9.17) is 14.2 Å². The molecule has 1 aliphatic heterocycles. The van der Waals surface area contributed by atoms with E-state index in [1.807, 2.05) is 6.92 Å². The molecule has 2 rings (SSSR count). The predicted octanol–water partition coefficient (Wildman–Crippen LogP) is 1.97. The lowest BCUT2D eigenvalue weighted by molar-refractivity contribution is -0.130. The minimum atomic E-state index is -0.746. The summed E-state index contributed by atoms with van der Waals surface area (Å²) in [6.07, 6.45) is 2.84. The third-order valence-corrected chi connectivity index (χ3v) is 3.96. The van der Waals surface area contributed by atoms with E-state index in [0.29, 0.717) is 29.2 Å². The van der Waals surface area contributed by atoms with Crippen LogP contribution in [0.25, 0.3) is 6.08 Å². The maximum Gasteiger partial charge on any atom is 0.331 e. The van der Waals surface area contributed by atoms with Crippen molar-refractivity contribution in [1.82, 2.24) is 10.2 Å². The average Bonchev–Trinajstić information content (AvgIpc) is 2.64. The van der Waals surface area contributed by atoms with E-state index in [2.05, 4.69) is 5.32 Å². The van der Waals surface area contributed by atoms with Crippen molar-refractivity contribution in [3.05, 3.63) is 23.3 Å². The van der Waals surface area contributed by atoms with Crippen molar-refractivity contribution in [2.24, 2.45) is 0 Å². The number of hydrogen-bond acceptors (Lipinski definition) is 6. The van der Waals surface area contributed by atoms with Crippen LogP contribution in [0.2, 0.25) is 0 Å². The summed E-state index contributed by atoms with van der Waals surface area (Å²) in [6, 6.07) is 2.57. The van der Waals surface area contributed by atoms with Gasteiger partial charge in [0.1, 0.15) is 5.57 Å². The van der Waals surface area contributed by atoms with Gasteiger partial charge in [-0.3, -0.25) is 19.8 Å². The van der Waals surface area contributed by atoms with Crippen LogP contribution >= 0.6 is 0 Å². The van der Waals surface area contributed by atoms with E-state index in [0.717, 1.165) is 11.3 Å². The monoisotopic (exact) mass is 362 g/mol. The Kier molecular flexibility index (Phi) is 6.21. The van der Waals surface area contributed by atoms with E-state index in [1.54, 1.807) is 12.1 Å². The fraction of sp³-hybridized carbons (Fsp3) is 0.389. The van der Waals surface area contributed by atoms with Gasteiger partial charge in [0.05, 0.1) is 21.3 Å². The normalized spacial score (nSPS) is 15.9. The number of barbiturate groups is 1. The summed E-state index contributed by atoms with van der Waals surface area (Å²) in [4.78, 5) is 37.7. The van der Waals surface area contributed by atoms with Gasteiger partial charge in [0, 0.05) is 12.1 Å². The Bertz CT molecular complexity index is 756. The van der Waals surface area contributed by atoms with Crippen molar-refractivity contribution in [2.45, 2.75) is 19.8 Å². The number of urea groups is 1. The van der Waals surface area contributed by atoms with Crippen molar-refractivity contribution in [1.29, 1.82) is 0 Å². The molecule has 1 aromatic rings. The topological polar surface area (TPSA) is 94.2 Å². The molecule has 0 aliphatic carbocycles. The van der Waals surface area contributed by atoms with Crippen LogP contribution in [0.1, 0.15) is 25.3 Å². The number of ether oxygens (including phenoxy) is 3. The van der Waals surface area contributed by atoms with Gasteiger partial charge in [-0.15, -0.1) is 0 Å². The van der Waals surface area contributed by atoms with E-state index < -0.39 is 17.8 Å². The largest absolute Gasteiger partial charge is 0.493 e. The van der Waals surface area contributed by atoms with Crippen LogP contribution in [0.15, 0.2) is 17.7 Å². The molecule has 1 saturated heterocycles. The highest BCUT2D eigenvalue weighted by atomic mass is 16.5. The van der Waals surface area contributed by atoms with E-state index in [1.165, 1.54) is 27.4 Å². The van der Waals surface area contributed by atoms with Crippen LogP contribution in [-0.2, 0) is 9.59 Å². The summed E-state index contributed by atoms with van der Waals surface area (Å²) in [6.45, 7) is 2.19. The number of imide groups is 2. The van der Waals surface area contributed by atoms with Gasteiger partial charge in [-0.2, -0.15) is 0 Å². The van der Waals surface area contributed by atoms with Gasteiger partial charge < -0.3 is 14.2 Å². The number of unbranched alkanes of at least 4 members (excludes halogenated alkanes) is 1. The maximum atomic E-state index is 12.6. The molecule has 0 bridgehead atoms. The Morgan fingerprint density at radius 1 is 1.04 bits per heavy atom. The summed E-state index contributed by atoms with van der Waals surface area (Å²) in [5.41, 5.74) is 0.305. The van der Waals surface area contributed by atoms with Crippen molar-refractivity contribution in [3.8, 4) is 17.2 Å². The molecule has 0 radical (unpaired) electrons. The zero-order valence-corrected chi connectivity index (χ0v) is 15.3. The standard InChI is InChI=1S/C18H22N2O6/c1-5-6-9-20-17(22)12(16(21)19-18(20)23)10-11-7-8-13(24-2)15(26-4)14(11)25-3/h7-8,10H,5-6,9H2,1-4H3,(H,19,21,23)/b12-10+. The Labute approximate surface area is 151 Å². The molecule has 8 nitrogen and oxygen atoms in total. The highest BCUT2D eigenvalue weighted by Crippen LogP contribution is 2.40. The molecule has 0 aromatic heterocycles. The highest BCUT2D eigenvalue weighted by molar-refractivity contribution is 6.31. The number of methoxy groups -OCH3 is 3. The predicted molar refractivity (Wildman–Crippen MR) is 94.2 cm³/mol. The van der Waals surface area contributed by atoms with Crippen LogP contribution in [0, 0.1) is 0 Å². The van der Waals surface area contributed by atoms with Gasteiger partial charge in [-0.25, -0.2) is 4.79 Å². The SMILES string of the molecule is CCCCN1C(=O)NC(=O)/C(=C\c2ccc(OC)c(OC)c2OC)C1=O.